The van der Waals surface area contributed by atoms with E-state index in [0.29, 0.717) is 5.02 Å². The highest BCUT2D eigenvalue weighted by molar-refractivity contribution is 6.30. The van der Waals surface area contributed by atoms with Gasteiger partial charge < -0.3 is 10.2 Å². The van der Waals surface area contributed by atoms with Crippen molar-refractivity contribution in [3.05, 3.63) is 34.9 Å². The van der Waals surface area contributed by atoms with Gasteiger partial charge in [-0.3, -0.25) is 9.69 Å². The van der Waals surface area contributed by atoms with Gasteiger partial charge in [0.15, 0.2) is 0 Å². The van der Waals surface area contributed by atoms with Crippen LogP contribution in [0.5, 0.6) is 0 Å². The molecule has 1 amide bonds. The Balaban J connectivity index is 2.27. The first-order valence-corrected chi connectivity index (χ1v) is 6.89. The highest BCUT2D eigenvalue weighted by atomic mass is 35.5. The lowest BCUT2D eigenvalue weighted by atomic mass is 10.0. The number of benzene rings is 1. The topological polar surface area (TPSA) is 35.6 Å². The molecule has 0 spiro atoms. The van der Waals surface area contributed by atoms with Crippen LogP contribution in [0.25, 0.3) is 0 Å². The van der Waals surface area contributed by atoms with Crippen molar-refractivity contribution in [3.63, 3.8) is 0 Å². The van der Waals surface area contributed by atoms with E-state index in [0.717, 1.165) is 31.7 Å². The molecule has 1 aromatic carbocycles. The second-order valence-corrected chi connectivity index (χ2v) is 5.41. The van der Waals surface area contributed by atoms with Gasteiger partial charge in [0, 0.05) is 45.3 Å². The first-order valence-electron chi connectivity index (χ1n) is 6.51. The van der Waals surface area contributed by atoms with Crippen LogP contribution in [0.15, 0.2) is 24.3 Å². The summed E-state index contributed by atoms with van der Waals surface area (Å²) < 4.78 is 0. The zero-order chi connectivity index (χ0) is 13.8. The van der Waals surface area contributed by atoms with Crippen molar-refractivity contribution in [1.82, 2.24) is 15.1 Å². The Morgan fingerprint density at radius 1 is 1.26 bits per heavy atom. The summed E-state index contributed by atoms with van der Waals surface area (Å²) in [5, 5.41) is 4.01. The average Bonchev–Trinajstić information content (AvgIpc) is 2.42. The van der Waals surface area contributed by atoms with Gasteiger partial charge in [-0.1, -0.05) is 23.7 Å². The van der Waals surface area contributed by atoms with Crippen LogP contribution in [0.2, 0.25) is 5.02 Å². The quantitative estimate of drug-likeness (QED) is 0.909. The SMILES string of the molecule is CN(C)C(=O)C(c1ccc(Cl)cc1)N1CCNCC1. The standard InChI is InChI=1S/C14H20ClN3O/c1-17(2)14(19)13(18-9-7-16-8-10-18)11-3-5-12(15)6-4-11/h3-6,13,16H,7-10H2,1-2H3. The fraction of sp³-hybridized carbons (Fsp3) is 0.500. The number of amides is 1. The zero-order valence-electron chi connectivity index (χ0n) is 11.4. The van der Waals surface area contributed by atoms with Crippen LogP contribution in [0, 0.1) is 0 Å². The van der Waals surface area contributed by atoms with Gasteiger partial charge in [0.25, 0.3) is 0 Å². The molecule has 0 aliphatic carbocycles. The number of nitrogens with one attached hydrogen (secondary N) is 1. The van der Waals surface area contributed by atoms with E-state index in [1.165, 1.54) is 0 Å². The minimum atomic E-state index is -0.214. The van der Waals surface area contributed by atoms with Crippen LogP contribution in [-0.4, -0.2) is 56.0 Å². The van der Waals surface area contributed by atoms with E-state index in [-0.39, 0.29) is 11.9 Å². The normalized spacial score (nSPS) is 18.1. The lowest BCUT2D eigenvalue weighted by molar-refractivity contribution is -0.135. The third-order valence-corrected chi connectivity index (χ3v) is 3.63. The molecule has 1 fully saturated rings. The Bertz CT molecular complexity index is 427. The molecule has 0 bridgehead atoms. The number of rotatable bonds is 3. The summed E-state index contributed by atoms with van der Waals surface area (Å²) in [5.41, 5.74) is 1.00. The molecule has 1 aromatic rings. The van der Waals surface area contributed by atoms with Gasteiger partial charge in [-0.2, -0.15) is 0 Å². The van der Waals surface area contributed by atoms with Crippen LogP contribution >= 0.6 is 11.6 Å². The first kappa shape index (κ1) is 14.3. The Hall–Kier alpha value is -1.10. The van der Waals surface area contributed by atoms with Gasteiger partial charge in [-0.05, 0) is 17.7 Å². The van der Waals surface area contributed by atoms with Gasteiger partial charge >= 0.3 is 0 Å². The summed E-state index contributed by atoms with van der Waals surface area (Å²) in [7, 11) is 3.60. The molecule has 1 heterocycles. The third-order valence-electron chi connectivity index (χ3n) is 3.38. The van der Waals surface area contributed by atoms with Crippen LogP contribution in [0.4, 0.5) is 0 Å². The molecule has 1 saturated heterocycles. The molecule has 1 atom stereocenters. The summed E-state index contributed by atoms with van der Waals surface area (Å²) in [5.74, 6) is 0.115. The smallest absolute Gasteiger partial charge is 0.244 e. The van der Waals surface area contributed by atoms with Crippen molar-refractivity contribution in [1.29, 1.82) is 0 Å². The van der Waals surface area contributed by atoms with E-state index in [2.05, 4.69) is 10.2 Å². The summed E-state index contributed by atoms with van der Waals surface area (Å²) >= 11 is 5.93. The third kappa shape index (κ3) is 3.47. The number of nitrogens with zero attached hydrogens (tertiary/aromatic N) is 2. The number of carbonyl (C=O) groups is 1. The molecule has 0 aromatic heterocycles. The van der Waals surface area contributed by atoms with E-state index < -0.39 is 0 Å². The molecule has 1 N–H and O–H groups in total. The number of likely N-dealkylation sites (N-methyl/N-ethyl adjacent to an activating group) is 1. The molecule has 0 saturated carbocycles. The predicted molar refractivity (Wildman–Crippen MR) is 77.3 cm³/mol. The van der Waals surface area contributed by atoms with E-state index >= 15 is 0 Å². The minimum Gasteiger partial charge on any atom is -0.347 e. The summed E-state index contributed by atoms with van der Waals surface area (Å²) in [6.07, 6.45) is 0. The number of hydrogen-bond donors (Lipinski definition) is 1. The van der Waals surface area contributed by atoms with Gasteiger partial charge in [0.1, 0.15) is 6.04 Å². The number of halogens is 1. The van der Waals surface area contributed by atoms with Crippen molar-refractivity contribution in [2.45, 2.75) is 6.04 Å². The number of piperazine rings is 1. The maximum atomic E-state index is 12.5. The largest absolute Gasteiger partial charge is 0.347 e. The molecule has 104 valence electrons. The van der Waals surface area contributed by atoms with Crippen LogP contribution in [0.3, 0.4) is 0 Å². The molecule has 1 aliphatic heterocycles. The highest BCUT2D eigenvalue weighted by Crippen LogP contribution is 2.24. The van der Waals surface area contributed by atoms with E-state index in [9.17, 15) is 4.79 Å². The van der Waals surface area contributed by atoms with Gasteiger partial charge in [-0.15, -0.1) is 0 Å². The summed E-state index contributed by atoms with van der Waals surface area (Å²) in [4.78, 5) is 16.3. The lowest BCUT2D eigenvalue weighted by Crippen LogP contribution is -2.49. The average molecular weight is 282 g/mol. The number of hydrogen-bond acceptors (Lipinski definition) is 3. The van der Waals surface area contributed by atoms with Gasteiger partial charge in [0.05, 0.1) is 0 Å². The van der Waals surface area contributed by atoms with Gasteiger partial charge in [0.2, 0.25) is 5.91 Å². The van der Waals surface area contributed by atoms with Crippen molar-refractivity contribution in [2.24, 2.45) is 0 Å². The van der Waals surface area contributed by atoms with E-state index in [1.54, 1.807) is 19.0 Å². The van der Waals surface area contributed by atoms with Crippen LogP contribution in [0.1, 0.15) is 11.6 Å². The maximum absolute atomic E-state index is 12.5. The molecule has 5 heteroatoms. The monoisotopic (exact) mass is 281 g/mol. The maximum Gasteiger partial charge on any atom is 0.244 e. The molecule has 2 rings (SSSR count). The Morgan fingerprint density at radius 3 is 2.37 bits per heavy atom. The fourth-order valence-electron chi connectivity index (χ4n) is 2.34. The zero-order valence-corrected chi connectivity index (χ0v) is 12.2. The molecule has 19 heavy (non-hydrogen) atoms. The summed E-state index contributed by atoms with van der Waals surface area (Å²) in [6.45, 7) is 3.61. The molecule has 4 nitrogen and oxygen atoms in total. The van der Waals surface area contributed by atoms with Crippen molar-refractivity contribution in [2.75, 3.05) is 40.3 Å². The van der Waals surface area contributed by atoms with Gasteiger partial charge in [-0.25, -0.2) is 0 Å². The van der Waals surface area contributed by atoms with E-state index in [1.807, 2.05) is 24.3 Å². The van der Waals surface area contributed by atoms with Crippen LogP contribution in [-0.2, 0) is 4.79 Å². The summed E-state index contributed by atoms with van der Waals surface area (Å²) in [6, 6.07) is 7.35. The minimum absolute atomic E-state index is 0.115. The van der Waals surface area contributed by atoms with Crippen LogP contribution < -0.4 is 5.32 Å². The first-order chi connectivity index (χ1) is 9.09. The Morgan fingerprint density at radius 2 is 1.84 bits per heavy atom. The molecule has 0 radical (unpaired) electrons. The highest BCUT2D eigenvalue weighted by Gasteiger charge is 2.29. The van der Waals surface area contributed by atoms with Crippen molar-refractivity contribution < 1.29 is 4.79 Å². The fourth-order valence-corrected chi connectivity index (χ4v) is 2.47. The lowest BCUT2D eigenvalue weighted by Gasteiger charge is -2.35. The van der Waals surface area contributed by atoms with E-state index in [4.69, 9.17) is 11.6 Å². The Kier molecular flexibility index (Phi) is 4.80. The second kappa shape index (κ2) is 6.37. The molecular weight excluding hydrogens is 262 g/mol. The molecule has 1 aliphatic rings. The number of carbonyl (C=O) groups excluding carboxylic acids is 1. The second-order valence-electron chi connectivity index (χ2n) is 4.97. The predicted octanol–water partition coefficient (Wildman–Crippen LogP) is 1.37. The van der Waals surface area contributed by atoms with Crippen molar-refractivity contribution >= 4 is 17.5 Å². The van der Waals surface area contributed by atoms with Crippen molar-refractivity contribution in [3.8, 4) is 0 Å². The Labute approximate surface area is 119 Å². The molecular formula is C14H20ClN3O. The molecule has 1 unspecified atom stereocenters.